The van der Waals surface area contributed by atoms with Gasteiger partial charge in [0.05, 0.1) is 5.69 Å². The molecule has 19 heavy (non-hydrogen) atoms. The molecule has 0 unspecified atom stereocenters. The number of aryl methyl sites for hydroxylation is 1. The third-order valence-corrected chi connectivity index (χ3v) is 5.11. The van der Waals surface area contributed by atoms with E-state index in [1.807, 2.05) is 5.38 Å². The Kier molecular flexibility index (Phi) is 2.75. The molecule has 0 radical (unpaired) electrons. The van der Waals surface area contributed by atoms with Gasteiger partial charge in [-0.3, -0.25) is 9.40 Å². The van der Waals surface area contributed by atoms with Crippen LogP contribution in [0.4, 0.5) is 10.9 Å². The molecule has 9 heteroatoms. The van der Waals surface area contributed by atoms with Crippen molar-refractivity contribution in [2.24, 2.45) is 7.05 Å². The van der Waals surface area contributed by atoms with Crippen molar-refractivity contribution in [2.45, 2.75) is 23.7 Å². The van der Waals surface area contributed by atoms with E-state index in [1.165, 1.54) is 22.2 Å². The molecule has 7 nitrogen and oxygen atoms in total. The van der Waals surface area contributed by atoms with Crippen LogP contribution in [-0.4, -0.2) is 23.2 Å². The highest BCUT2D eigenvalue weighted by Crippen LogP contribution is 2.41. The van der Waals surface area contributed by atoms with Crippen LogP contribution in [0.5, 0.6) is 0 Å². The molecule has 0 aliphatic heterocycles. The van der Waals surface area contributed by atoms with E-state index in [1.54, 1.807) is 7.05 Å². The Hall–Kier alpha value is -1.61. The zero-order valence-corrected chi connectivity index (χ0v) is 11.8. The maximum Gasteiger partial charge on any atom is 0.268 e. The summed E-state index contributed by atoms with van der Waals surface area (Å²) in [6, 6.07) is 0. The van der Waals surface area contributed by atoms with Gasteiger partial charge in [0.15, 0.2) is 10.9 Å². The van der Waals surface area contributed by atoms with Crippen LogP contribution < -0.4 is 10.5 Å². The van der Waals surface area contributed by atoms with Crippen LogP contribution >= 0.6 is 11.3 Å². The number of hydrogen-bond acceptors (Lipinski definition) is 6. The smallest absolute Gasteiger partial charge is 0.268 e. The Morgan fingerprint density at radius 3 is 2.84 bits per heavy atom. The van der Waals surface area contributed by atoms with Gasteiger partial charge in [0, 0.05) is 24.5 Å². The molecule has 1 fully saturated rings. The molecule has 102 valence electrons. The predicted molar refractivity (Wildman–Crippen MR) is 72.5 cm³/mol. The second-order valence-corrected chi connectivity index (χ2v) is 7.02. The van der Waals surface area contributed by atoms with Crippen molar-refractivity contribution in [1.82, 2.24) is 14.8 Å². The zero-order chi connectivity index (χ0) is 13.6. The number of aromatic nitrogens is 3. The van der Waals surface area contributed by atoms with E-state index in [0.29, 0.717) is 11.0 Å². The highest BCUT2D eigenvalue weighted by molar-refractivity contribution is 7.93. The standard InChI is InChI=1S/C10H13N5O2S2/c1-15-4-8(9(11)13-15)19(16,17)14-10-12-7(5-18-10)6-2-3-6/h4-6H,2-3H2,1H3,(H2,11,13)(H,12,14). The minimum Gasteiger partial charge on any atom is -0.381 e. The number of hydrogen-bond donors (Lipinski definition) is 2. The molecule has 2 aromatic rings. The summed E-state index contributed by atoms with van der Waals surface area (Å²) in [5.74, 6) is 0.479. The highest BCUT2D eigenvalue weighted by atomic mass is 32.2. The number of sulfonamides is 1. The predicted octanol–water partition coefficient (Wildman–Crippen LogP) is 1.14. The van der Waals surface area contributed by atoms with E-state index < -0.39 is 10.0 Å². The number of nitrogens with zero attached hydrogens (tertiary/aromatic N) is 3. The van der Waals surface area contributed by atoms with Crippen LogP contribution in [0, 0.1) is 0 Å². The first kappa shape index (κ1) is 12.4. The molecule has 3 N–H and O–H groups in total. The van der Waals surface area contributed by atoms with Gasteiger partial charge < -0.3 is 5.73 Å². The van der Waals surface area contributed by atoms with Gasteiger partial charge in [-0.05, 0) is 12.8 Å². The van der Waals surface area contributed by atoms with Gasteiger partial charge in [-0.25, -0.2) is 13.4 Å². The fraction of sp³-hybridized carbons (Fsp3) is 0.400. The molecule has 0 spiro atoms. The monoisotopic (exact) mass is 299 g/mol. The third kappa shape index (κ3) is 2.43. The zero-order valence-electron chi connectivity index (χ0n) is 10.2. The number of thiazole rings is 1. The molecule has 2 aromatic heterocycles. The lowest BCUT2D eigenvalue weighted by Crippen LogP contribution is -2.13. The number of nitrogens with two attached hydrogens (primary N) is 1. The highest BCUT2D eigenvalue weighted by Gasteiger charge is 2.27. The summed E-state index contributed by atoms with van der Waals surface area (Å²) in [4.78, 5) is 4.25. The molecule has 0 aromatic carbocycles. The lowest BCUT2D eigenvalue weighted by molar-refractivity contribution is 0.601. The molecule has 1 aliphatic rings. The van der Waals surface area contributed by atoms with Gasteiger partial charge in [-0.1, -0.05) is 0 Å². The number of nitrogens with one attached hydrogen (secondary N) is 1. The Balaban J connectivity index is 1.86. The Labute approximate surface area is 114 Å². The van der Waals surface area contributed by atoms with Gasteiger partial charge in [0.2, 0.25) is 0 Å². The Morgan fingerprint density at radius 1 is 1.53 bits per heavy atom. The summed E-state index contributed by atoms with van der Waals surface area (Å²) in [5.41, 5.74) is 6.54. The second-order valence-electron chi connectivity index (χ2n) is 4.51. The largest absolute Gasteiger partial charge is 0.381 e. The van der Waals surface area contributed by atoms with E-state index >= 15 is 0 Å². The summed E-state index contributed by atoms with van der Waals surface area (Å²) < 4.78 is 28.1. The van der Waals surface area contributed by atoms with Gasteiger partial charge in [0.25, 0.3) is 10.0 Å². The average Bonchev–Trinajstić information content (AvgIpc) is 2.97. The van der Waals surface area contributed by atoms with Crippen LogP contribution in [0.25, 0.3) is 0 Å². The molecule has 0 amide bonds. The molecule has 0 atom stereocenters. The van der Waals surface area contributed by atoms with Crippen LogP contribution in [0.1, 0.15) is 24.5 Å². The summed E-state index contributed by atoms with van der Waals surface area (Å²) in [7, 11) is -2.11. The van der Waals surface area contributed by atoms with E-state index in [0.717, 1.165) is 18.5 Å². The van der Waals surface area contributed by atoms with Crippen LogP contribution in [-0.2, 0) is 17.1 Å². The first-order valence-corrected chi connectivity index (χ1v) is 8.09. The summed E-state index contributed by atoms with van der Waals surface area (Å²) in [6.07, 6.45) is 3.63. The molecule has 1 aliphatic carbocycles. The van der Waals surface area contributed by atoms with Crippen LogP contribution in [0.3, 0.4) is 0 Å². The first-order chi connectivity index (χ1) is 8.95. The maximum atomic E-state index is 12.2. The number of rotatable bonds is 4. The first-order valence-electron chi connectivity index (χ1n) is 5.73. The van der Waals surface area contributed by atoms with Crippen molar-refractivity contribution in [3.8, 4) is 0 Å². The van der Waals surface area contributed by atoms with E-state index in [4.69, 9.17) is 5.73 Å². The Morgan fingerprint density at radius 2 is 2.26 bits per heavy atom. The lowest BCUT2D eigenvalue weighted by Gasteiger charge is -2.02. The normalized spacial score (nSPS) is 15.6. The molecular formula is C10H13N5O2S2. The van der Waals surface area contributed by atoms with Gasteiger partial charge >= 0.3 is 0 Å². The second kappa shape index (κ2) is 4.20. The van der Waals surface area contributed by atoms with E-state index in [-0.39, 0.29) is 10.7 Å². The molecule has 3 rings (SSSR count). The molecule has 2 heterocycles. The number of nitrogen functional groups attached to an aromatic ring is 1. The van der Waals surface area contributed by atoms with E-state index in [9.17, 15) is 8.42 Å². The van der Waals surface area contributed by atoms with Gasteiger partial charge in [-0.15, -0.1) is 11.3 Å². The quantitative estimate of drug-likeness (QED) is 0.881. The minimum atomic E-state index is -3.73. The molecular weight excluding hydrogens is 286 g/mol. The fourth-order valence-corrected chi connectivity index (χ4v) is 3.91. The van der Waals surface area contributed by atoms with Gasteiger partial charge in [-0.2, -0.15) is 5.10 Å². The molecule has 1 saturated carbocycles. The fourth-order valence-electron chi connectivity index (χ4n) is 1.76. The van der Waals surface area contributed by atoms with Crippen LogP contribution in [0.2, 0.25) is 0 Å². The van der Waals surface area contributed by atoms with Crippen molar-refractivity contribution in [2.75, 3.05) is 10.5 Å². The summed E-state index contributed by atoms with van der Waals surface area (Å²) in [6.45, 7) is 0. The lowest BCUT2D eigenvalue weighted by atomic mass is 10.3. The topological polar surface area (TPSA) is 103 Å². The summed E-state index contributed by atoms with van der Waals surface area (Å²) in [5, 5.41) is 6.08. The minimum absolute atomic E-state index is 0.0195. The van der Waals surface area contributed by atoms with Crippen LogP contribution in [0.15, 0.2) is 16.5 Å². The van der Waals surface area contributed by atoms with Crippen molar-refractivity contribution >= 4 is 32.3 Å². The van der Waals surface area contributed by atoms with Gasteiger partial charge in [0.1, 0.15) is 4.90 Å². The van der Waals surface area contributed by atoms with Crippen molar-refractivity contribution in [1.29, 1.82) is 0 Å². The SMILES string of the molecule is Cn1cc(S(=O)(=O)Nc2nc(C3CC3)cs2)c(N)n1. The van der Waals surface area contributed by atoms with Crippen molar-refractivity contribution < 1.29 is 8.42 Å². The van der Waals surface area contributed by atoms with Crippen molar-refractivity contribution in [3.63, 3.8) is 0 Å². The molecule has 0 bridgehead atoms. The number of anilines is 2. The van der Waals surface area contributed by atoms with Crippen molar-refractivity contribution in [3.05, 3.63) is 17.3 Å². The average molecular weight is 299 g/mol. The Bertz CT molecular complexity index is 714. The third-order valence-electron chi connectivity index (χ3n) is 2.85. The maximum absolute atomic E-state index is 12.2. The van der Waals surface area contributed by atoms with E-state index in [2.05, 4.69) is 14.8 Å². The summed E-state index contributed by atoms with van der Waals surface area (Å²) >= 11 is 1.28. The molecule has 0 saturated heterocycles.